The predicted octanol–water partition coefficient (Wildman–Crippen LogP) is 2.61. The summed E-state index contributed by atoms with van der Waals surface area (Å²) in [4.78, 5) is 24.5. The lowest BCUT2D eigenvalue weighted by atomic mass is 10.2. The second-order valence-electron chi connectivity index (χ2n) is 4.94. The van der Waals surface area contributed by atoms with Gasteiger partial charge in [0, 0.05) is 11.8 Å². The first-order valence-corrected chi connectivity index (χ1v) is 8.12. The highest BCUT2D eigenvalue weighted by Gasteiger charge is 2.17. The van der Waals surface area contributed by atoms with Crippen LogP contribution in [0.4, 0.5) is 5.13 Å². The highest BCUT2D eigenvalue weighted by Crippen LogP contribution is 2.20. The van der Waals surface area contributed by atoms with E-state index in [0.29, 0.717) is 26.5 Å². The maximum Gasteiger partial charge on any atom is 0.282 e. The van der Waals surface area contributed by atoms with Gasteiger partial charge in [-0.3, -0.25) is 14.9 Å². The van der Waals surface area contributed by atoms with Gasteiger partial charge < -0.3 is 0 Å². The molecule has 9 heteroatoms. The Morgan fingerprint density at radius 1 is 1.25 bits per heavy atom. The number of anilines is 1. The number of nitrogens with one attached hydrogen (secondary N) is 1. The van der Waals surface area contributed by atoms with E-state index >= 15 is 0 Å². The number of carbonyl (C=O) groups excluding carboxylic acids is 1. The number of carbonyl (C=O) groups is 1. The summed E-state index contributed by atoms with van der Waals surface area (Å²) in [6, 6.07) is 8.39. The molecule has 0 spiro atoms. The van der Waals surface area contributed by atoms with Gasteiger partial charge in [0.15, 0.2) is 5.69 Å². The number of amides is 1. The Kier molecular flexibility index (Phi) is 4.41. The van der Waals surface area contributed by atoms with Crippen LogP contribution in [0.1, 0.15) is 21.2 Å². The minimum atomic E-state index is -0.642. The van der Waals surface area contributed by atoms with Crippen LogP contribution >= 0.6 is 22.9 Å². The Hall–Kier alpha value is -2.58. The fourth-order valence-corrected chi connectivity index (χ4v) is 2.88. The molecule has 2 aromatic heterocycles. The van der Waals surface area contributed by atoms with E-state index in [-0.39, 0.29) is 5.69 Å². The van der Waals surface area contributed by atoms with E-state index in [9.17, 15) is 9.59 Å². The molecular weight excluding hydrogens is 350 g/mol. The van der Waals surface area contributed by atoms with Crippen LogP contribution in [0.3, 0.4) is 0 Å². The van der Waals surface area contributed by atoms with Gasteiger partial charge in [0.1, 0.15) is 5.01 Å². The lowest BCUT2D eigenvalue weighted by Gasteiger charge is -2.12. The summed E-state index contributed by atoms with van der Waals surface area (Å²) in [5, 5.41) is 15.8. The molecule has 0 bridgehead atoms. The molecule has 0 unspecified atom stereocenters. The molecule has 0 aliphatic heterocycles. The zero-order valence-electron chi connectivity index (χ0n) is 12.8. The number of halogens is 1. The van der Waals surface area contributed by atoms with E-state index in [1.165, 1.54) is 22.1 Å². The summed E-state index contributed by atoms with van der Waals surface area (Å²) in [6.07, 6.45) is 0. The molecule has 1 aromatic carbocycles. The second-order valence-corrected chi connectivity index (χ2v) is 6.53. The van der Waals surface area contributed by atoms with Crippen LogP contribution in [0.25, 0.3) is 5.69 Å². The maximum absolute atomic E-state index is 12.3. The number of aromatic nitrogens is 4. The average Bonchev–Trinajstić information content (AvgIpc) is 2.93. The molecule has 1 amide bonds. The van der Waals surface area contributed by atoms with Crippen molar-refractivity contribution in [2.24, 2.45) is 0 Å². The van der Waals surface area contributed by atoms with Crippen LogP contribution < -0.4 is 10.7 Å². The number of rotatable bonds is 3. The van der Waals surface area contributed by atoms with Crippen molar-refractivity contribution in [3.63, 3.8) is 0 Å². The summed E-state index contributed by atoms with van der Waals surface area (Å²) in [5.74, 6) is -0.642. The first kappa shape index (κ1) is 16.3. The molecule has 7 nitrogen and oxygen atoms in total. The molecule has 2 heterocycles. The van der Waals surface area contributed by atoms with Gasteiger partial charge in [-0.1, -0.05) is 35.1 Å². The molecule has 0 atom stereocenters. The summed E-state index contributed by atoms with van der Waals surface area (Å²) >= 11 is 7.39. The first-order valence-electron chi connectivity index (χ1n) is 6.93. The van der Waals surface area contributed by atoms with Crippen molar-refractivity contribution < 1.29 is 4.79 Å². The minimum absolute atomic E-state index is 0.242. The average molecular weight is 362 g/mol. The van der Waals surface area contributed by atoms with E-state index in [1.54, 1.807) is 38.1 Å². The Morgan fingerprint density at radius 2 is 2.00 bits per heavy atom. The Morgan fingerprint density at radius 3 is 2.67 bits per heavy atom. The highest BCUT2D eigenvalue weighted by atomic mass is 35.5. The smallest absolute Gasteiger partial charge is 0.282 e. The fourth-order valence-electron chi connectivity index (χ4n) is 2.08. The van der Waals surface area contributed by atoms with Crippen LogP contribution in [-0.2, 0) is 0 Å². The second kappa shape index (κ2) is 6.50. The molecule has 0 radical (unpaired) electrons. The van der Waals surface area contributed by atoms with Crippen LogP contribution in [0.15, 0.2) is 35.1 Å². The number of hydrogen-bond acceptors (Lipinski definition) is 6. The highest BCUT2D eigenvalue weighted by molar-refractivity contribution is 7.15. The van der Waals surface area contributed by atoms with E-state index in [0.717, 1.165) is 0 Å². The third-order valence-corrected chi connectivity index (χ3v) is 4.22. The van der Waals surface area contributed by atoms with Crippen LogP contribution in [0.5, 0.6) is 0 Å². The maximum atomic E-state index is 12.3. The van der Waals surface area contributed by atoms with Crippen molar-refractivity contribution in [3.05, 3.63) is 62.0 Å². The van der Waals surface area contributed by atoms with E-state index < -0.39 is 11.3 Å². The van der Waals surface area contributed by atoms with Crippen molar-refractivity contribution in [3.8, 4) is 5.69 Å². The van der Waals surface area contributed by atoms with Gasteiger partial charge in [0.05, 0.1) is 10.7 Å². The van der Waals surface area contributed by atoms with Gasteiger partial charge in [-0.15, -0.1) is 10.2 Å². The van der Waals surface area contributed by atoms with Gasteiger partial charge in [-0.05, 0) is 26.0 Å². The topological polar surface area (TPSA) is 89.8 Å². The molecule has 0 aliphatic carbocycles. The number of para-hydroxylation sites is 1. The number of aryl methyl sites for hydroxylation is 2. The van der Waals surface area contributed by atoms with E-state index in [4.69, 9.17) is 11.6 Å². The van der Waals surface area contributed by atoms with Gasteiger partial charge >= 0.3 is 0 Å². The number of nitrogens with zero attached hydrogens (tertiary/aromatic N) is 4. The van der Waals surface area contributed by atoms with Gasteiger partial charge in [0.2, 0.25) is 10.6 Å². The normalized spacial score (nSPS) is 10.6. The molecule has 0 fully saturated rings. The summed E-state index contributed by atoms with van der Waals surface area (Å²) in [7, 11) is 0. The quantitative estimate of drug-likeness (QED) is 0.774. The van der Waals surface area contributed by atoms with Gasteiger partial charge in [0.25, 0.3) is 5.91 Å². The molecule has 122 valence electrons. The molecule has 1 N–H and O–H groups in total. The summed E-state index contributed by atoms with van der Waals surface area (Å²) < 4.78 is 1.46. The molecule has 3 aromatic rings. The third-order valence-electron chi connectivity index (χ3n) is 3.15. The third kappa shape index (κ3) is 3.19. The van der Waals surface area contributed by atoms with Crippen LogP contribution in [0, 0.1) is 13.8 Å². The summed E-state index contributed by atoms with van der Waals surface area (Å²) in [5.41, 5.74) is 0.428. The molecule has 0 aliphatic rings. The number of hydrogen-bond donors (Lipinski definition) is 1. The van der Waals surface area contributed by atoms with E-state index in [2.05, 4.69) is 20.6 Å². The lowest BCUT2D eigenvalue weighted by Crippen LogP contribution is -2.27. The van der Waals surface area contributed by atoms with Crippen molar-refractivity contribution in [1.82, 2.24) is 20.0 Å². The lowest BCUT2D eigenvalue weighted by molar-refractivity contribution is 0.101. The molecule has 0 saturated carbocycles. The van der Waals surface area contributed by atoms with Crippen molar-refractivity contribution in [1.29, 1.82) is 0 Å². The largest absolute Gasteiger partial charge is 0.295 e. The van der Waals surface area contributed by atoms with Crippen molar-refractivity contribution >= 4 is 34.0 Å². The predicted molar refractivity (Wildman–Crippen MR) is 92.2 cm³/mol. The molecule has 0 saturated heterocycles. The molecule has 24 heavy (non-hydrogen) atoms. The molecule has 3 rings (SSSR count). The SMILES string of the molecule is Cc1nnc(NC(=O)c2nn(-c3ccccc3Cl)c(C)cc2=O)s1. The Bertz CT molecular complexity index is 982. The fraction of sp³-hybridized carbons (Fsp3) is 0.133. The summed E-state index contributed by atoms with van der Waals surface area (Å²) in [6.45, 7) is 3.48. The zero-order valence-corrected chi connectivity index (χ0v) is 14.4. The Balaban J connectivity index is 2.03. The van der Waals surface area contributed by atoms with Gasteiger partial charge in [-0.25, -0.2) is 4.68 Å². The Labute approximate surface area is 145 Å². The van der Waals surface area contributed by atoms with Crippen LogP contribution in [0.2, 0.25) is 5.02 Å². The molecular formula is C15H12ClN5O2S. The van der Waals surface area contributed by atoms with E-state index in [1.807, 2.05) is 0 Å². The first-order chi connectivity index (χ1) is 11.5. The van der Waals surface area contributed by atoms with Crippen molar-refractivity contribution in [2.75, 3.05) is 5.32 Å². The monoisotopic (exact) mass is 361 g/mol. The van der Waals surface area contributed by atoms with Crippen LogP contribution in [-0.4, -0.2) is 25.9 Å². The van der Waals surface area contributed by atoms with Crippen molar-refractivity contribution in [2.45, 2.75) is 13.8 Å². The standard InChI is InChI=1S/C15H12ClN5O2S/c1-8-7-12(22)13(14(23)17-15-19-18-9(2)24-15)20-21(8)11-6-4-3-5-10(11)16/h3-7H,1-2H3,(H,17,19,23). The van der Waals surface area contributed by atoms with Gasteiger partial charge in [-0.2, -0.15) is 5.10 Å². The minimum Gasteiger partial charge on any atom is -0.295 e. The zero-order chi connectivity index (χ0) is 17.3. The number of benzene rings is 1.